The lowest BCUT2D eigenvalue weighted by Gasteiger charge is -2.30. The summed E-state index contributed by atoms with van der Waals surface area (Å²) in [6, 6.07) is 5.41. The predicted octanol–water partition coefficient (Wildman–Crippen LogP) is 0.545. The number of anilines is 1. The third-order valence-corrected chi connectivity index (χ3v) is 3.39. The van der Waals surface area contributed by atoms with E-state index in [1.165, 1.54) is 0 Å². The van der Waals surface area contributed by atoms with Crippen molar-refractivity contribution in [3.8, 4) is 17.6 Å². The first-order valence-electron chi connectivity index (χ1n) is 6.44. The summed E-state index contributed by atoms with van der Waals surface area (Å²) in [5, 5.41) is 9.85. The van der Waals surface area contributed by atoms with Crippen LogP contribution in [0.2, 0.25) is 0 Å². The molecule has 3 rings (SSSR count). The molecule has 0 aliphatic carbocycles. The standard InChI is InChI=1S/C15H15NO4/c1-16-12-3-2-11(4-6-15(18)9-19-10-15)8-13(12)20-7-5-14(16)17/h2-3,8,18H,5,7,9-10H2,1H3. The second-order valence-corrected chi connectivity index (χ2v) is 5.01. The molecule has 2 heterocycles. The van der Waals surface area contributed by atoms with Crippen LogP contribution in [0.25, 0.3) is 0 Å². The summed E-state index contributed by atoms with van der Waals surface area (Å²) >= 11 is 0. The van der Waals surface area contributed by atoms with E-state index >= 15 is 0 Å². The molecule has 1 amide bonds. The van der Waals surface area contributed by atoms with E-state index in [0.717, 1.165) is 11.3 Å². The van der Waals surface area contributed by atoms with E-state index in [1.807, 2.05) is 12.1 Å². The Labute approximate surface area is 117 Å². The molecule has 20 heavy (non-hydrogen) atoms. The molecule has 0 unspecified atom stereocenters. The third-order valence-electron chi connectivity index (χ3n) is 3.39. The topological polar surface area (TPSA) is 59.0 Å². The minimum Gasteiger partial charge on any atom is -0.491 e. The second-order valence-electron chi connectivity index (χ2n) is 5.01. The van der Waals surface area contributed by atoms with Crippen molar-refractivity contribution < 1.29 is 19.4 Å². The number of hydrogen-bond acceptors (Lipinski definition) is 4. The molecule has 2 aliphatic heterocycles. The Bertz CT molecular complexity index is 610. The molecule has 5 nitrogen and oxygen atoms in total. The first-order valence-corrected chi connectivity index (χ1v) is 6.44. The monoisotopic (exact) mass is 273 g/mol. The number of carbonyl (C=O) groups excluding carboxylic acids is 1. The first-order chi connectivity index (χ1) is 9.57. The number of amides is 1. The van der Waals surface area contributed by atoms with Crippen LogP contribution in [-0.2, 0) is 9.53 Å². The van der Waals surface area contributed by atoms with Crippen molar-refractivity contribution in [1.82, 2.24) is 0 Å². The summed E-state index contributed by atoms with van der Waals surface area (Å²) in [7, 11) is 1.73. The Morgan fingerprint density at radius 1 is 1.40 bits per heavy atom. The molecular formula is C15H15NO4. The van der Waals surface area contributed by atoms with Gasteiger partial charge in [0.15, 0.2) is 5.60 Å². The second kappa shape index (κ2) is 4.82. The van der Waals surface area contributed by atoms with Gasteiger partial charge in [-0.3, -0.25) is 4.79 Å². The molecule has 0 bridgehead atoms. The zero-order valence-electron chi connectivity index (χ0n) is 11.2. The molecule has 1 aromatic carbocycles. The zero-order valence-corrected chi connectivity index (χ0v) is 11.2. The van der Waals surface area contributed by atoms with E-state index in [1.54, 1.807) is 18.0 Å². The lowest BCUT2D eigenvalue weighted by Crippen LogP contribution is -2.48. The lowest BCUT2D eigenvalue weighted by atomic mass is 10.0. The van der Waals surface area contributed by atoms with Gasteiger partial charge < -0.3 is 19.5 Å². The van der Waals surface area contributed by atoms with Crippen LogP contribution in [0.15, 0.2) is 18.2 Å². The average Bonchev–Trinajstić information content (AvgIpc) is 2.55. The molecule has 1 N–H and O–H groups in total. The molecule has 1 aromatic rings. The quantitative estimate of drug-likeness (QED) is 0.701. The van der Waals surface area contributed by atoms with Gasteiger partial charge in [-0.25, -0.2) is 0 Å². The van der Waals surface area contributed by atoms with Crippen LogP contribution in [-0.4, -0.2) is 43.5 Å². The fourth-order valence-corrected chi connectivity index (χ4v) is 2.09. The van der Waals surface area contributed by atoms with E-state index in [4.69, 9.17) is 9.47 Å². The largest absolute Gasteiger partial charge is 0.491 e. The first kappa shape index (κ1) is 13.0. The molecule has 0 radical (unpaired) electrons. The molecule has 0 spiro atoms. The molecular weight excluding hydrogens is 258 g/mol. The number of nitrogens with zero attached hydrogens (tertiary/aromatic N) is 1. The fraction of sp³-hybridized carbons (Fsp3) is 0.400. The van der Waals surface area contributed by atoms with Crippen LogP contribution in [0.4, 0.5) is 5.69 Å². The van der Waals surface area contributed by atoms with Gasteiger partial charge >= 0.3 is 0 Å². The minimum absolute atomic E-state index is 0.0310. The van der Waals surface area contributed by atoms with Crippen LogP contribution in [0, 0.1) is 11.8 Å². The van der Waals surface area contributed by atoms with Crippen molar-refractivity contribution in [1.29, 1.82) is 0 Å². The van der Waals surface area contributed by atoms with Gasteiger partial charge in [-0.05, 0) is 18.2 Å². The average molecular weight is 273 g/mol. The van der Waals surface area contributed by atoms with Crippen LogP contribution in [0.3, 0.4) is 0 Å². The Kier molecular flexibility index (Phi) is 3.13. The fourth-order valence-electron chi connectivity index (χ4n) is 2.09. The van der Waals surface area contributed by atoms with E-state index in [9.17, 15) is 9.90 Å². The van der Waals surface area contributed by atoms with E-state index < -0.39 is 5.60 Å². The Balaban J connectivity index is 1.89. The van der Waals surface area contributed by atoms with Gasteiger partial charge in [0.2, 0.25) is 5.91 Å². The van der Waals surface area contributed by atoms with Crippen LogP contribution in [0.1, 0.15) is 12.0 Å². The van der Waals surface area contributed by atoms with Crippen molar-refractivity contribution in [2.45, 2.75) is 12.0 Å². The van der Waals surface area contributed by atoms with Gasteiger partial charge in [0.1, 0.15) is 5.75 Å². The normalized spacial score (nSPS) is 19.9. The SMILES string of the molecule is CN1C(=O)CCOc2cc(C#CC3(O)COC3)ccc21. The Hall–Kier alpha value is -2.03. The van der Waals surface area contributed by atoms with Crippen molar-refractivity contribution in [3.63, 3.8) is 0 Å². The predicted molar refractivity (Wildman–Crippen MR) is 72.6 cm³/mol. The van der Waals surface area contributed by atoms with Crippen LogP contribution < -0.4 is 9.64 Å². The van der Waals surface area contributed by atoms with E-state index in [0.29, 0.717) is 18.8 Å². The van der Waals surface area contributed by atoms with Crippen LogP contribution >= 0.6 is 0 Å². The Morgan fingerprint density at radius 3 is 2.90 bits per heavy atom. The van der Waals surface area contributed by atoms with Gasteiger partial charge in [0.25, 0.3) is 0 Å². The zero-order chi connectivity index (χ0) is 14.2. The van der Waals surface area contributed by atoms with Crippen molar-refractivity contribution in [3.05, 3.63) is 23.8 Å². The van der Waals surface area contributed by atoms with Crippen LogP contribution in [0.5, 0.6) is 5.75 Å². The number of ether oxygens (including phenoxy) is 2. The highest BCUT2D eigenvalue weighted by molar-refractivity contribution is 5.95. The summed E-state index contributed by atoms with van der Waals surface area (Å²) in [4.78, 5) is 13.3. The molecule has 0 saturated carbocycles. The number of benzene rings is 1. The highest BCUT2D eigenvalue weighted by atomic mass is 16.5. The molecule has 2 aliphatic rings. The number of fused-ring (bicyclic) bond motifs is 1. The van der Waals surface area contributed by atoms with Crippen molar-refractivity contribution in [2.75, 3.05) is 31.8 Å². The molecule has 0 aromatic heterocycles. The molecule has 1 fully saturated rings. The van der Waals surface area contributed by atoms with Gasteiger partial charge in [0, 0.05) is 12.6 Å². The third kappa shape index (κ3) is 2.36. The molecule has 1 saturated heterocycles. The van der Waals surface area contributed by atoms with Gasteiger partial charge in [-0.1, -0.05) is 11.8 Å². The minimum atomic E-state index is -1.03. The molecule has 0 atom stereocenters. The summed E-state index contributed by atoms with van der Waals surface area (Å²) in [5.41, 5.74) is 0.455. The maximum atomic E-state index is 11.7. The highest BCUT2D eigenvalue weighted by Gasteiger charge is 2.33. The number of hydrogen-bond donors (Lipinski definition) is 1. The summed E-state index contributed by atoms with van der Waals surface area (Å²) in [6.07, 6.45) is 0.364. The number of carbonyl (C=O) groups is 1. The summed E-state index contributed by atoms with van der Waals surface area (Å²) in [5.74, 6) is 6.39. The molecule has 5 heteroatoms. The van der Waals surface area contributed by atoms with Gasteiger partial charge in [-0.15, -0.1) is 0 Å². The van der Waals surface area contributed by atoms with E-state index in [-0.39, 0.29) is 19.1 Å². The van der Waals surface area contributed by atoms with Gasteiger partial charge in [0.05, 0.1) is 31.9 Å². The number of aliphatic hydroxyl groups is 1. The molecule has 104 valence electrons. The lowest BCUT2D eigenvalue weighted by molar-refractivity contribution is -0.140. The highest BCUT2D eigenvalue weighted by Crippen LogP contribution is 2.31. The maximum Gasteiger partial charge on any atom is 0.230 e. The smallest absolute Gasteiger partial charge is 0.230 e. The Morgan fingerprint density at radius 2 is 2.20 bits per heavy atom. The number of rotatable bonds is 0. The summed E-state index contributed by atoms with van der Waals surface area (Å²) < 4.78 is 10.5. The van der Waals surface area contributed by atoms with Crippen molar-refractivity contribution >= 4 is 11.6 Å². The van der Waals surface area contributed by atoms with Gasteiger partial charge in [-0.2, -0.15) is 0 Å². The van der Waals surface area contributed by atoms with E-state index in [2.05, 4.69) is 11.8 Å². The van der Waals surface area contributed by atoms with Crippen molar-refractivity contribution in [2.24, 2.45) is 0 Å². The summed E-state index contributed by atoms with van der Waals surface area (Å²) in [6.45, 7) is 0.863. The maximum absolute atomic E-state index is 11.7.